The number of carboxylic acid groups (broad SMARTS) is 1. The van der Waals surface area contributed by atoms with Gasteiger partial charge in [0.1, 0.15) is 18.8 Å². The number of benzene rings is 1. The van der Waals surface area contributed by atoms with Gasteiger partial charge < -0.3 is 9.84 Å². The Morgan fingerprint density at radius 1 is 1.07 bits per heavy atom. The normalized spacial score (nSPS) is 10.4. The second-order valence-corrected chi connectivity index (χ2v) is 6.53. The van der Waals surface area contributed by atoms with Gasteiger partial charge in [-0.05, 0) is 29.1 Å². The number of carbonyl (C=O) groups excluding carboxylic acids is 1. The molecule has 2 aromatic heterocycles. The molecule has 0 aliphatic carbocycles. The molecule has 3 aromatic rings. The predicted molar refractivity (Wildman–Crippen MR) is 102 cm³/mol. The minimum absolute atomic E-state index is 0.0467. The lowest BCUT2D eigenvalue weighted by Crippen LogP contribution is -2.29. The van der Waals surface area contributed by atoms with E-state index in [1.165, 1.54) is 17.4 Å². The lowest BCUT2D eigenvalue weighted by molar-refractivity contribution is -0.137. The van der Waals surface area contributed by atoms with E-state index in [2.05, 4.69) is 5.32 Å². The first-order valence-corrected chi connectivity index (χ1v) is 8.90. The Labute approximate surface area is 158 Å². The largest absolute Gasteiger partial charge is 0.480 e. The third kappa shape index (κ3) is 4.62. The van der Waals surface area contributed by atoms with Crippen molar-refractivity contribution < 1.29 is 19.4 Å². The number of pyridine rings is 1. The Bertz CT molecular complexity index is 997. The van der Waals surface area contributed by atoms with Gasteiger partial charge in [0.05, 0.1) is 10.6 Å². The van der Waals surface area contributed by atoms with Crippen molar-refractivity contribution >= 4 is 29.1 Å². The van der Waals surface area contributed by atoms with Crippen molar-refractivity contribution in [2.24, 2.45) is 0 Å². The number of anilines is 1. The minimum Gasteiger partial charge on any atom is -0.480 e. The van der Waals surface area contributed by atoms with Crippen molar-refractivity contribution in [2.45, 2.75) is 13.2 Å². The number of thiophene rings is 1. The number of aromatic nitrogens is 1. The van der Waals surface area contributed by atoms with E-state index in [0.717, 1.165) is 15.0 Å². The Morgan fingerprint density at radius 3 is 2.52 bits per heavy atom. The number of carboxylic acids is 1. The van der Waals surface area contributed by atoms with Crippen LogP contribution >= 0.6 is 11.3 Å². The SMILES string of the molecule is O=C(O)Cn1c(-c2cccs2)ccc(NC(=O)OCc2ccccc2)c1=O. The van der Waals surface area contributed by atoms with Crippen LogP contribution in [-0.4, -0.2) is 21.7 Å². The lowest BCUT2D eigenvalue weighted by atomic mass is 10.2. The number of amides is 1. The zero-order valence-electron chi connectivity index (χ0n) is 14.1. The molecule has 3 rings (SSSR count). The molecule has 0 saturated heterocycles. The molecule has 138 valence electrons. The maximum Gasteiger partial charge on any atom is 0.412 e. The predicted octanol–water partition coefficient (Wildman–Crippen LogP) is 3.41. The Morgan fingerprint density at radius 2 is 1.85 bits per heavy atom. The maximum absolute atomic E-state index is 12.7. The van der Waals surface area contributed by atoms with Crippen molar-refractivity contribution in [1.29, 1.82) is 0 Å². The summed E-state index contributed by atoms with van der Waals surface area (Å²) in [6.45, 7) is -0.454. The van der Waals surface area contributed by atoms with Gasteiger partial charge in [0.15, 0.2) is 0 Å². The first-order chi connectivity index (χ1) is 13.0. The van der Waals surface area contributed by atoms with E-state index < -0.39 is 24.2 Å². The zero-order chi connectivity index (χ0) is 19.2. The van der Waals surface area contributed by atoms with Crippen LogP contribution in [0.5, 0.6) is 0 Å². The van der Waals surface area contributed by atoms with Crippen molar-refractivity contribution in [3.63, 3.8) is 0 Å². The van der Waals surface area contributed by atoms with E-state index in [0.29, 0.717) is 5.69 Å². The summed E-state index contributed by atoms with van der Waals surface area (Å²) in [5.41, 5.74) is 0.624. The molecule has 0 aliphatic heterocycles. The van der Waals surface area contributed by atoms with Gasteiger partial charge in [0.2, 0.25) is 0 Å². The van der Waals surface area contributed by atoms with Gasteiger partial charge in [-0.2, -0.15) is 0 Å². The molecule has 0 spiro atoms. The molecular weight excluding hydrogens is 368 g/mol. The van der Waals surface area contributed by atoms with Crippen molar-refractivity contribution in [1.82, 2.24) is 4.57 Å². The highest BCUT2D eigenvalue weighted by molar-refractivity contribution is 7.13. The molecule has 7 nitrogen and oxygen atoms in total. The quantitative estimate of drug-likeness (QED) is 0.679. The van der Waals surface area contributed by atoms with E-state index in [1.54, 1.807) is 12.1 Å². The molecular formula is C19H16N2O5S. The summed E-state index contributed by atoms with van der Waals surface area (Å²) >= 11 is 1.39. The standard InChI is InChI=1S/C19H16N2O5S/c22-17(23)11-21-15(16-7-4-10-27-16)9-8-14(18(21)24)20-19(25)26-12-13-5-2-1-3-6-13/h1-10H,11-12H2,(H,20,25)(H,22,23). The van der Waals surface area contributed by atoms with Crippen LogP contribution in [0.2, 0.25) is 0 Å². The van der Waals surface area contributed by atoms with Crippen LogP contribution in [0.15, 0.2) is 64.8 Å². The van der Waals surface area contributed by atoms with E-state index in [4.69, 9.17) is 9.84 Å². The molecule has 0 fully saturated rings. The topological polar surface area (TPSA) is 97.6 Å². The number of rotatable bonds is 6. The molecule has 8 heteroatoms. The summed E-state index contributed by atoms with van der Waals surface area (Å²) < 4.78 is 6.21. The number of nitrogens with zero attached hydrogens (tertiary/aromatic N) is 1. The van der Waals surface area contributed by atoms with E-state index in [-0.39, 0.29) is 12.3 Å². The molecule has 0 saturated carbocycles. The average molecular weight is 384 g/mol. The van der Waals surface area contributed by atoms with Gasteiger partial charge in [-0.1, -0.05) is 36.4 Å². The summed E-state index contributed by atoms with van der Waals surface area (Å²) in [6, 6.07) is 15.8. The van der Waals surface area contributed by atoms with Gasteiger partial charge in [-0.15, -0.1) is 11.3 Å². The fraction of sp³-hybridized carbons (Fsp3) is 0.105. The lowest BCUT2D eigenvalue weighted by Gasteiger charge is -2.12. The molecule has 2 N–H and O–H groups in total. The summed E-state index contributed by atoms with van der Waals surface area (Å²) in [5.74, 6) is -1.15. The summed E-state index contributed by atoms with van der Waals surface area (Å²) in [6.07, 6.45) is -0.790. The molecule has 1 aromatic carbocycles. The third-order valence-corrected chi connectivity index (χ3v) is 4.58. The maximum atomic E-state index is 12.7. The van der Waals surface area contributed by atoms with Gasteiger partial charge in [0.25, 0.3) is 5.56 Å². The number of hydrogen-bond acceptors (Lipinski definition) is 5. The smallest absolute Gasteiger partial charge is 0.412 e. The van der Waals surface area contributed by atoms with Crippen LogP contribution in [0, 0.1) is 0 Å². The third-order valence-electron chi connectivity index (χ3n) is 3.69. The summed E-state index contributed by atoms with van der Waals surface area (Å²) in [5, 5.41) is 13.3. The first kappa shape index (κ1) is 18.4. The van der Waals surface area contributed by atoms with E-state index >= 15 is 0 Å². The molecule has 0 aliphatic rings. The summed E-state index contributed by atoms with van der Waals surface area (Å²) in [4.78, 5) is 36.6. The molecule has 0 bridgehead atoms. The number of nitrogens with one attached hydrogen (secondary N) is 1. The molecule has 0 radical (unpaired) electrons. The van der Waals surface area contributed by atoms with Crippen LogP contribution < -0.4 is 10.9 Å². The number of ether oxygens (including phenoxy) is 1. The summed E-state index contributed by atoms with van der Waals surface area (Å²) in [7, 11) is 0. The number of hydrogen-bond donors (Lipinski definition) is 2. The van der Waals surface area contributed by atoms with Gasteiger partial charge >= 0.3 is 12.1 Å². The van der Waals surface area contributed by atoms with Crippen LogP contribution in [0.3, 0.4) is 0 Å². The monoisotopic (exact) mass is 384 g/mol. The second-order valence-electron chi connectivity index (χ2n) is 5.58. The molecule has 2 heterocycles. The van der Waals surface area contributed by atoms with E-state index in [1.807, 2.05) is 41.8 Å². The van der Waals surface area contributed by atoms with Crippen molar-refractivity contribution in [3.05, 3.63) is 75.9 Å². The molecule has 1 amide bonds. The van der Waals surface area contributed by atoms with Crippen molar-refractivity contribution in [2.75, 3.05) is 5.32 Å². The number of carbonyl (C=O) groups is 2. The van der Waals surface area contributed by atoms with Crippen LogP contribution in [-0.2, 0) is 22.7 Å². The molecule has 0 atom stereocenters. The van der Waals surface area contributed by atoms with E-state index in [9.17, 15) is 14.4 Å². The minimum atomic E-state index is -1.15. The second kappa shape index (κ2) is 8.33. The average Bonchev–Trinajstić information content (AvgIpc) is 3.18. The zero-order valence-corrected chi connectivity index (χ0v) is 14.9. The van der Waals surface area contributed by atoms with Gasteiger partial charge in [-0.25, -0.2) is 4.79 Å². The van der Waals surface area contributed by atoms with Crippen molar-refractivity contribution in [3.8, 4) is 10.6 Å². The fourth-order valence-electron chi connectivity index (χ4n) is 2.47. The Kier molecular flexibility index (Phi) is 5.68. The highest BCUT2D eigenvalue weighted by Gasteiger charge is 2.15. The number of aliphatic carboxylic acids is 1. The highest BCUT2D eigenvalue weighted by Crippen LogP contribution is 2.24. The molecule has 0 unspecified atom stereocenters. The first-order valence-electron chi connectivity index (χ1n) is 8.02. The van der Waals surface area contributed by atoms with Crippen LogP contribution in [0.25, 0.3) is 10.6 Å². The molecule has 27 heavy (non-hydrogen) atoms. The Balaban J connectivity index is 1.80. The van der Waals surface area contributed by atoms with Crippen LogP contribution in [0.4, 0.5) is 10.5 Å². The fourth-order valence-corrected chi connectivity index (χ4v) is 3.23. The van der Waals surface area contributed by atoms with Gasteiger partial charge in [-0.3, -0.25) is 19.5 Å². The van der Waals surface area contributed by atoms with Gasteiger partial charge in [0, 0.05) is 0 Å². The Hall–Kier alpha value is -3.39. The highest BCUT2D eigenvalue weighted by atomic mass is 32.1. The van der Waals surface area contributed by atoms with Crippen LogP contribution in [0.1, 0.15) is 5.56 Å².